The molecule has 0 radical (unpaired) electrons. The number of urea groups is 1. The SMILES string of the molecule is Cn1nc(-c2ccc(Cl)s2)cc1NC(=O)N1C[C@H]2CNC[C@H]2C1. The Bertz CT molecular complexity index is 730. The van der Waals surface area contributed by atoms with E-state index in [1.165, 1.54) is 11.3 Å². The zero-order valence-corrected chi connectivity index (χ0v) is 14.3. The van der Waals surface area contributed by atoms with E-state index in [0.717, 1.165) is 41.1 Å². The van der Waals surface area contributed by atoms with Gasteiger partial charge >= 0.3 is 6.03 Å². The predicted molar refractivity (Wildman–Crippen MR) is 92.0 cm³/mol. The van der Waals surface area contributed by atoms with Crippen LogP contribution in [0.2, 0.25) is 4.34 Å². The average molecular weight is 352 g/mol. The highest BCUT2D eigenvalue weighted by Gasteiger charge is 2.38. The van der Waals surface area contributed by atoms with Gasteiger partial charge in [-0.1, -0.05) is 11.6 Å². The minimum atomic E-state index is -0.0434. The van der Waals surface area contributed by atoms with E-state index in [0.29, 0.717) is 17.7 Å². The fourth-order valence-electron chi connectivity index (χ4n) is 3.37. The second-order valence-corrected chi connectivity index (χ2v) is 7.87. The van der Waals surface area contributed by atoms with Gasteiger partial charge in [0, 0.05) is 39.3 Å². The first kappa shape index (κ1) is 15.0. The van der Waals surface area contributed by atoms with Crippen LogP contribution in [0.4, 0.5) is 10.6 Å². The third-order valence-corrected chi connectivity index (χ3v) is 5.87. The Balaban J connectivity index is 1.46. The van der Waals surface area contributed by atoms with Gasteiger partial charge < -0.3 is 10.2 Å². The van der Waals surface area contributed by atoms with E-state index in [1.807, 2.05) is 30.1 Å². The van der Waals surface area contributed by atoms with Crippen molar-refractivity contribution in [2.75, 3.05) is 31.5 Å². The van der Waals surface area contributed by atoms with Gasteiger partial charge in [0.25, 0.3) is 0 Å². The van der Waals surface area contributed by atoms with Crippen LogP contribution in [0, 0.1) is 11.8 Å². The van der Waals surface area contributed by atoms with Crippen LogP contribution in [-0.4, -0.2) is 46.9 Å². The maximum Gasteiger partial charge on any atom is 0.323 e. The number of carbonyl (C=O) groups excluding carboxylic acids is 1. The molecule has 23 heavy (non-hydrogen) atoms. The van der Waals surface area contributed by atoms with E-state index in [-0.39, 0.29) is 6.03 Å². The third-order valence-electron chi connectivity index (χ3n) is 4.62. The van der Waals surface area contributed by atoms with Crippen molar-refractivity contribution in [3.63, 3.8) is 0 Å². The van der Waals surface area contributed by atoms with Crippen molar-refractivity contribution in [3.05, 3.63) is 22.5 Å². The number of hydrogen-bond donors (Lipinski definition) is 2. The highest BCUT2D eigenvalue weighted by atomic mass is 35.5. The van der Waals surface area contributed by atoms with Crippen LogP contribution in [0.15, 0.2) is 18.2 Å². The standard InChI is InChI=1S/C15H18ClN5OS/c1-20-14(4-11(19-20)12-2-3-13(16)23-12)18-15(22)21-7-9-5-17-6-10(9)8-21/h2-4,9-10,17H,5-8H2,1H3,(H,18,22)/t9-,10+. The first-order valence-corrected chi connectivity index (χ1v) is 8.86. The monoisotopic (exact) mass is 351 g/mol. The second-order valence-electron chi connectivity index (χ2n) is 6.16. The number of aromatic nitrogens is 2. The van der Waals surface area contributed by atoms with Gasteiger partial charge in [-0.3, -0.25) is 10.00 Å². The Hall–Kier alpha value is -1.57. The Morgan fingerprint density at radius 1 is 1.39 bits per heavy atom. The topological polar surface area (TPSA) is 62.2 Å². The summed E-state index contributed by atoms with van der Waals surface area (Å²) >= 11 is 7.45. The number of fused-ring (bicyclic) bond motifs is 1. The van der Waals surface area contributed by atoms with Gasteiger partial charge in [0.1, 0.15) is 11.5 Å². The minimum Gasteiger partial charge on any atom is -0.324 e. The summed E-state index contributed by atoms with van der Waals surface area (Å²) < 4.78 is 2.42. The van der Waals surface area contributed by atoms with Crippen molar-refractivity contribution < 1.29 is 4.79 Å². The van der Waals surface area contributed by atoms with Crippen molar-refractivity contribution >= 4 is 34.8 Å². The summed E-state index contributed by atoms with van der Waals surface area (Å²) in [7, 11) is 1.83. The molecule has 2 aliphatic rings. The molecule has 0 spiro atoms. The van der Waals surface area contributed by atoms with Gasteiger partial charge in [-0.2, -0.15) is 5.10 Å². The van der Waals surface area contributed by atoms with Crippen LogP contribution in [0.1, 0.15) is 0 Å². The molecule has 8 heteroatoms. The van der Waals surface area contributed by atoms with Gasteiger partial charge in [-0.25, -0.2) is 4.79 Å². The molecule has 6 nitrogen and oxygen atoms in total. The molecule has 0 aliphatic carbocycles. The van der Waals surface area contributed by atoms with E-state index in [4.69, 9.17) is 11.6 Å². The molecular formula is C15H18ClN5OS. The van der Waals surface area contributed by atoms with Crippen molar-refractivity contribution in [1.29, 1.82) is 0 Å². The van der Waals surface area contributed by atoms with Crippen LogP contribution < -0.4 is 10.6 Å². The number of aryl methyl sites for hydroxylation is 1. The molecule has 2 N–H and O–H groups in total. The third kappa shape index (κ3) is 2.84. The number of thiophene rings is 1. The quantitative estimate of drug-likeness (QED) is 0.873. The fraction of sp³-hybridized carbons (Fsp3) is 0.467. The maximum absolute atomic E-state index is 12.5. The van der Waals surface area contributed by atoms with Crippen molar-refractivity contribution in [3.8, 4) is 10.6 Å². The lowest BCUT2D eigenvalue weighted by Crippen LogP contribution is -2.35. The number of halogens is 1. The summed E-state index contributed by atoms with van der Waals surface area (Å²) in [5, 5.41) is 10.8. The Kier molecular flexibility index (Phi) is 3.79. The molecule has 0 bridgehead atoms. The zero-order chi connectivity index (χ0) is 16.0. The van der Waals surface area contributed by atoms with Gasteiger partial charge in [0.05, 0.1) is 9.21 Å². The lowest BCUT2D eigenvalue weighted by molar-refractivity contribution is 0.219. The maximum atomic E-state index is 12.5. The van der Waals surface area contributed by atoms with Crippen molar-refractivity contribution in [1.82, 2.24) is 20.0 Å². The molecule has 2 aromatic heterocycles. The number of hydrogen-bond acceptors (Lipinski definition) is 4. The lowest BCUT2D eigenvalue weighted by atomic mass is 10.0. The fourth-order valence-corrected chi connectivity index (χ4v) is 4.37. The smallest absolute Gasteiger partial charge is 0.323 e. The van der Waals surface area contributed by atoms with E-state index in [9.17, 15) is 4.79 Å². The summed E-state index contributed by atoms with van der Waals surface area (Å²) in [6.45, 7) is 3.69. The molecule has 0 saturated carbocycles. The number of nitrogens with one attached hydrogen (secondary N) is 2. The van der Waals surface area contributed by atoms with E-state index in [1.54, 1.807) is 4.68 Å². The number of likely N-dealkylation sites (tertiary alicyclic amines) is 1. The first-order valence-electron chi connectivity index (χ1n) is 7.66. The van der Waals surface area contributed by atoms with Crippen molar-refractivity contribution in [2.24, 2.45) is 18.9 Å². The summed E-state index contributed by atoms with van der Waals surface area (Å²) in [5.74, 6) is 1.89. The average Bonchev–Trinajstić information content (AvgIpc) is 3.22. The van der Waals surface area contributed by atoms with Gasteiger partial charge in [-0.15, -0.1) is 11.3 Å². The van der Waals surface area contributed by atoms with Gasteiger partial charge in [0.2, 0.25) is 0 Å². The summed E-state index contributed by atoms with van der Waals surface area (Å²) in [6.07, 6.45) is 0. The normalized spacial score (nSPS) is 23.3. The van der Waals surface area contributed by atoms with Crippen LogP contribution in [0.3, 0.4) is 0 Å². The van der Waals surface area contributed by atoms with E-state index in [2.05, 4.69) is 15.7 Å². The predicted octanol–water partition coefficient (Wildman–Crippen LogP) is 2.49. The van der Waals surface area contributed by atoms with Crippen LogP contribution in [0.25, 0.3) is 10.6 Å². The lowest BCUT2D eigenvalue weighted by Gasteiger charge is -2.18. The molecular weight excluding hydrogens is 334 g/mol. The minimum absolute atomic E-state index is 0.0434. The zero-order valence-electron chi connectivity index (χ0n) is 12.8. The molecule has 2 amide bonds. The van der Waals surface area contributed by atoms with Gasteiger partial charge in [0.15, 0.2) is 0 Å². The molecule has 4 heterocycles. The summed E-state index contributed by atoms with van der Waals surface area (Å²) in [6, 6.07) is 5.64. The molecule has 0 unspecified atom stereocenters. The molecule has 2 atom stereocenters. The number of carbonyl (C=O) groups is 1. The highest BCUT2D eigenvalue weighted by Crippen LogP contribution is 2.32. The van der Waals surface area contributed by atoms with E-state index >= 15 is 0 Å². The van der Waals surface area contributed by atoms with Gasteiger partial charge in [-0.05, 0) is 24.0 Å². The van der Waals surface area contributed by atoms with Crippen LogP contribution >= 0.6 is 22.9 Å². The first-order chi connectivity index (χ1) is 11.1. The summed E-state index contributed by atoms with van der Waals surface area (Å²) in [4.78, 5) is 15.4. The largest absolute Gasteiger partial charge is 0.324 e. The second kappa shape index (κ2) is 5.81. The highest BCUT2D eigenvalue weighted by molar-refractivity contribution is 7.19. The molecule has 2 aromatic rings. The summed E-state index contributed by atoms with van der Waals surface area (Å²) in [5.41, 5.74) is 0.821. The molecule has 122 valence electrons. The van der Waals surface area contributed by atoms with E-state index < -0.39 is 0 Å². The molecule has 2 fully saturated rings. The molecule has 4 rings (SSSR count). The molecule has 2 saturated heterocycles. The Labute approximate surface area is 143 Å². The number of amides is 2. The van der Waals surface area contributed by atoms with Crippen molar-refractivity contribution in [2.45, 2.75) is 0 Å². The number of nitrogens with zero attached hydrogens (tertiary/aromatic N) is 3. The molecule has 2 aliphatic heterocycles. The Morgan fingerprint density at radius 2 is 2.13 bits per heavy atom. The molecule has 0 aromatic carbocycles. The number of anilines is 1. The van der Waals surface area contributed by atoms with Crippen LogP contribution in [-0.2, 0) is 7.05 Å². The number of rotatable bonds is 2. The van der Waals surface area contributed by atoms with Crippen LogP contribution in [0.5, 0.6) is 0 Å². The Morgan fingerprint density at radius 3 is 2.78 bits per heavy atom.